The Balaban J connectivity index is 1.61. The molecule has 0 aromatic carbocycles. The minimum Gasteiger partial charge on any atom is -0.317 e. The third kappa shape index (κ3) is 2.96. The summed E-state index contributed by atoms with van der Waals surface area (Å²) < 4.78 is 0. The van der Waals surface area contributed by atoms with Crippen LogP contribution >= 0.6 is 0 Å². The van der Waals surface area contributed by atoms with E-state index in [-0.39, 0.29) is 0 Å². The lowest BCUT2D eigenvalue weighted by atomic mass is 10.0. The van der Waals surface area contributed by atoms with Crippen LogP contribution in [0.4, 0.5) is 0 Å². The first-order valence-electron chi connectivity index (χ1n) is 6.28. The van der Waals surface area contributed by atoms with Crippen LogP contribution in [0, 0.1) is 11.8 Å². The Morgan fingerprint density at radius 1 is 1.14 bits per heavy atom. The van der Waals surface area contributed by atoms with Gasteiger partial charge in [-0.3, -0.25) is 0 Å². The van der Waals surface area contributed by atoms with Crippen molar-refractivity contribution in [3.63, 3.8) is 0 Å². The fourth-order valence-corrected chi connectivity index (χ4v) is 2.87. The predicted octanol–water partition coefficient (Wildman–Crippen LogP) is 1.76. The highest BCUT2D eigenvalue weighted by atomic mass is 15.0. The van der Waals surface area contributed by atoms with E-state index in [1.54, 1.807) is 0 Å². The van der Waals surface area contributed by atoms with Crippen LogP contribution in [0.25, 0.3) is 0 Å². The topological polar surface area (TPSA) is 24.1 Å². The van der Waals surface area contributed by atoms with E-state index in [2.05, 4.69) is 17.6 Å². The molecule has 2 atom stereocenters. The summed E-state index contributed by atoms with van der Waals surface area (Å²) in [6.07, 6.45) is 7.01. The largest absolute Gasteiger partial charge is 0.317 e. The van der Waals surface area contributed by atoms with E-state index in [9.17, 15) is 0 Å². The molecule has 2 unspecified atom stereocenters. The van der Waals surface area contributed by atoms with Gasteiger partial charge in [0.15, 0.2) is 0 Å². The quantitative estimate of drug-likeness (QED) is 0.719. The van der Waals surface area contributed by atoms with E-state index in [1.165, 1.54) is 51.7 Å². The molecule has 1 saturated carbocycles. The second-order valence-electron chi connectivity index (χ2n) is 5.22. The maximum Gasteiger partial charge on any atom is 0.00913 e. The normalized spacial score (nSPS) is 34.9. The van der Waals surface area contributed by atoms with E-state index >= 15 is 0 Å². The average molecular weight is 196 g/mol. The van der Waals surface area contributed by atoms with Crippen molar-refractivity contribution in [3.05, 3.63) is 0 Å². The Morgan fingerprint density at radius 2 is 1.93 bits per heavy atom. The zero-order valence-corrected chi connectivity index (χ0v) is 9.39. The van der Waals surface area contributed by atoms with Crippen LogP contribution in [0.2, 0.25) is 0 Å². The number of hydrogen-bond donors (Lipinski definition) is 2. The lowest BCUT2D eigenvalue weighted by molar-refractivity contribution is 0.355. The van der Waals surface area contributed by atoms with Gasteiger partial charge in [-0.15, -0.1) is 0 Å². The van der Waals surface area contributed by atoms with Crippen molar-refractivity contribution in [2.75, 3.05) is 19.6 Å². The van der Waals surface area contributed by atoms with E-state index in [4.69, 9.17) is 0 Å². The van der Waals surface area contributed by atoms with Crippen molar-refractivity contribution in [2.45, 2.75) is 45.1 Å². The van der Waals surface area contributed by atoms with Gasteiger partial charge in [0.05, 0.1) is 0 Å². The molecule has 2 nitrogen and oxygen atoms in total. The number of nitrogens with one attached hydrogen (secondary N) is 2. The Labute approximate surface area is 87.8 Å². The highest BCUT2D eigenvalue weighted by Crippen LogP contribution is 2.29. The van der Waals surface area contributed by atoms with Gasteiger partial charge >= 0.3 is 0 Å². The molecule has 2 fully saturated rings. The highest BCUT2D eigenvalue weighted by Gasteiger charge is 2.22. The number of piperidine rings is 1. The van der Waals surface area contributed by atoms with Crippen molar-refractivity contribution >= 4 is 0 Å². The molecule has 2 aliphatic rings. The van der Waals surface area contributed by atoms with Gasteiger partial charge in [0, 0.05) is 6.04 Å². The second-order valence-corrected chi connectivity index (χ2v) is 5.22. The van der Waals surface area contributed by atoms with Gasteiger partial charge in [-0.1, -0.05) is 13.3 Å². The molecule has 0 spiro atoms. The van der Waals surface area contributed by atoms with Crippen molar-refractivity contribution in [2.24, 2.45) is 11.8 Å². The number of hydrogen-bond acceptors (Lipinski definition) is 2. The van der Waals surface area contributed by atoms with Crippen molar-refractivity contribution in [3.8, 4) is 0 Å². The molecule has 1 heterocycles. The first kappa shape index (κ1) is 10.4. The smallest absolute Gasteiger partial charge is 0.00913 e. The summed E-state index contributed by atoms with van der Waals surface area (Å²) in [6.45, 7) is 6.08. The molecule has 0 radical (unpaired) electrons. The Kier molecular flexibility index (Phi) is 3.82. The zero-order valence-electron chi connectivity index (χ0n) is 9.39. The van der Waals surface area contributed by atoms with E-state index in [0.717, 1.165) is 17.9 Å². The molecule has 0 amide bonds. The van der Waals surface area contributed by atoms with Crippen LogP contribution in [-0.2, 0) is 0 Å². The van der Waals surface area contributed by atoms with Gasteiger partial charge in [-0.05, 0) is 57.2 Å². The molecule has 2 N–H and O–H groups in total. The highest BCUT2D eigenvalue weighted by molar-refractivity contribution is 4.79. The molecule has 82 valence electrons. The third-order valence-corrected chi connectivity index (χ3v) is 3.84. The van der Waals surface area contributed by atoms with Crippen molar-refractivity contribution < 1.29 is 0 Å². The van der Waals surface area contributed by atoms with Gasteiger partial charge in [-0.2, -0.15) is 0 Å². The SMILES string of the molecule is CC1CCC(CNC2CCNCC2)C1. The summed E-state index contributed by atoms with van der Waals surface area (Å²) in [7, 11) is 0. The lowest BCUT2D eigenvalue weighted by Gasteiger charge is -2.25. The average Bonchev–Trinajstić information content (AvgIpc) is 2.63. The zero-order chi connectivity index (χ0) is 9.80. The van der Waals surface area contributed by atoms with Crippen LogP contribution in [0.1, 0.15) is 39.0 Å². The Hall–Kier alpha value is -0.0800. The van der Waals surface area contributed by atoms with Crippen LogP contribution in [0.3, 0.4) is 0 Å². The summed E-state index contributed by atoms with van der Waals surface area (Å²) in [5.74, 6) is 1.95. The van der Waals surface area contributed by atoms with Crippen LogP contribution < -0.4 is 10.6 Å². The maximum atomic E-state index is 3.74. The molecule has 1 saturated heterocycles. The molecule has 14 heavy (non-hydrogen) atoms. The Morgan fingerprint density at radius 3 is 2.57 bits per heavy atom. The molecular formula is C12H24N2. The van der Waals surface area contributed by atoms with Crippen molar-refractivity contribution in [1.29, 1.82) is 0 Å². The Bertz CT molecular complexity index is 159. The lowest BCUT2D eigenvalue weighted by Crippen LogP contribution is -2.41. The van der Waals surface area contributed by atoms with Crippen LogP contribution in [0.5, 0.6) is 0 Å². The monoisotopic (exact) mass is 196 g/mol. The minimum absolute atomic E-state index is 0.798. The first-order valence-corrected chi connectivity index (χ1v) is 6.28. The van der Waals surface area contributed by atoms with Gasteiger partial charge in [0.1, 0.15) is 0 Å². The summed E-state index contributed by atoms with van der Waals surface area (Å²) in [5, 5.41) is 7.15. The molecule has 0 bridgehead atoms. The summed E-state index contributed by atoms with van der Waals surface area (Å²) in [6, 6.07) is 0.798. The molecule has 1 aliphatic heterocycles. The second kappa shape index (κ2) is 5.13. The van der Waals surface area contributed by atoms with E-state index in [0.29, 0.717) is 0 Å². The molecule has 2 heteroatoms. The molecule has 1 aliphatic carbocycles. The van der Waals surface area contributed by atoms with E-state index < -0.39 is 0 Å². The first-order chi connectivity index (χ1) is 6.84. The van der Waals surface area contributed by atoms with Gasteiger partial charge in [0.25, 0.3) is 0 Å². The molecular weight excluding hydrogens is 172 g/mol. The predicted molar refractivity (Wildman–Crippen MR) is 60.4 cm³/mol. The third-order valence-electron chi connectivity index (χ3n) is 3.84. The fraction of sp³-hybridized carbons (Fsp3) is 1.00. The number of rotatable bonds is 3. The maximum absolute atomic E-state index is 3.74. The van der Waals surface area contributed by atoms with Gasteiger partial charge in [0.2, 0.25) is 0 Å². The summed E-state index contributed by atoms with van der Waals surface area (Å²) in [4.78, 5) is 0. The molecule has 0 aromatic rings. The summed E-state index contributed by atoms with van der Waals surface area (Å²) in [5.41, 5.74) is 0. The summed E-state index contributed by atoms with van der Waals surface area (Å²) >= 11 is 0. The van der Waals surface area contributed by atoms with Gasteiger partial charge in [-0.25, -0.2) is 0 Å². The standard InChI is InChI=1S/C12H24N2/c1-10-2-3-11(8-10)9-14-12-4-6-13-7-5-12/h10-14H,2-9H2,1H3. The van der Waals surface area contributed by atoms with Crippen LogP contribution in [0.15, 0.2) is 0 Å². The molecule has 0 aromatic heterocycles. The van der Waals surface area contributed by atoms with Gasteiger partial charge < -0.3 is 10.6 Å². The minimum atomic E-state index is 0.798. The molecule has 2 rings (SSSR count). The van der Waals surface area contributed by atoms with Crippen LogP contribution in [-0.4, -0.2) is 25.7 Å². The fourth-order valence-electron chi connectivity index (χ4n) is 2.87. The van der Waals surface area contributed by atoms with Crippen molar-refractivity contribution in [1.82, 2.24) is 10.6 Å². The van der Waals surface area contributed by atoms with E-state index in [1.807, 2.05) is 0 Å².